The summed E-state index contributed by atoms with van der Waals surface area (Å²) in [4.78, 5) is 21.7. The van der Waals surface area contributed by atoms with E-state index in [0.717, 1.165) is 73.4 Å². The Morgan fingerprint density at radius 1 is 1.17 bits per heavy atom. The van der Waals surface area contributed by atoms with Gasteiger partial charge in [-0.05, 0) is 18.2 Å². The summed E-state index contributed by atoms with van der Waals surface area (Å²) in [5.41, 5.74) is 2.68. The van der Waals surface area contributed by atoms with Crippen molar-refractivity contribution in [3.8, 4) is 0 Å². The van der Waals surface area contributed by atoms with Crippen molar-refractivity contribution in [3.63, 3.8) is 0 Å². The van der Waals surface area contributed by atoms with Gasteiger partial charge in [0, 0.05) is 50.3 Å². The highest BCUT2D eigenvalue weighted by Gasteiger charge is 2.21. The summed E-state index contributed by atoms with van der Waals surface area (Å²) in [5.74, 6) is 3.13. The van der Waals surface area contributed by atoms with E-state index in [2.05, 4.69) is 9.47 Å². The quantitative estimate of drug-likeness (QED) is 0.827. The number of ether oxygens (including phenoxy) is 1. The molecular formula is C17H22N4O2S. The summed E-state index contributed by atoms with van der Waals surface area (Å²) in [6.45, 7) is 4.86. The number of hydrogen-bond acceptors (Lipinski definition) is 5. The highest BCUT2D eigenvalue weighted by molar-refractivity contribution is 7.99. The van der Waals surface area contributed by atoms with Gasteiger partial charge in [0.2, 0.25) is 5.95 Å². The second-order valence-corrected chi connectivity index (χ2v) is 7.40. The molecule has 1 aromatic carbocycles. The van der Waals surface area contributed by atoms with Crippen molar-refractivity contribution < 1.29 is 9.53 Å². The maximum Gasteiger partial charge on any atom is 0.253 e. The number of nitrogens with zero attached hydrogens (tertiary/aromatic N) is 4. The van der Waals surface area contributed by atoms with Crippen LogP contribution in [0.2, 0.25) is 0 Å². The van der Waals surface area contributed by atoms with Gasteiger partial charge in [0.05, 0.1) is 24.2 Å². The molecule has 0 bridgehead atoms. The van der Waals surface area contributed by atoms with Gasteiger partial charge >= 0.3 is 0 Å². The zero-order valence-electron chi connectivity index (χ0n) is 13.9. The van der Waals surface area contributed by atoms with Gasteiger partial charge in [-0.15, -0.1) is 0 Å². The fourth-order valence-electron chi connectivity index (χ4n) is 3.32. The Labute approximate surface area is 145 Å². The average molecular weight is 346 g/mol. The highest BCUT2D eigenvalue weighted by Crippen LogP contribution is 2.24. The summed E-state index contributed by atoms with van der Waals surface area (Å²) in [6, 6.07) is 5.87. The molecule has 0 saturated carbocycles. The zero-order valence-corrected chi connectivity index (χ0v) is 14.7. The summed E-state index contributed by atoms with van der Waals surface area (Å²) in [5, 5.41) is 0. The van der Waals surface area contributed by atoms with Crippen molar-refractivity contribution in [1.82, 2.24) is 14.5 Å². The van der Waals surface area contributed by atoms with Crippen molar-refractivity contribution in [2.24, 2.45) is 7.05 Å². The Morgan fingerprint density at radius 2 is 1.92 bits per heavy atom. The highest BCUT2D eigenvalue weighted by atomic mass is 32.2. The van der Waals surface area contributed by atoms with E-state index in [-0.39, 0.29) is 5.91 Å². The SMILES string of the molecule is Cn1c(N2CCOCC2)nc2cc(C(=O)N3CCSCC3)ccc21. The molecule has 128 valence electrons. The smallest absolute Gasteiger partial charge is 0.253 e. The first-order chi connectivity index (χ1) is 11.7. The van der Waals surface area contributed by atoms with E-state index < -0.39 is 0 Å². The van der Waals surface area contributed by atoms with E-state index in [9.17, 15) is 4.79 Å². The lowest BCUT2D eigenvalue weighted by atomic mass is 10.1. The van der Waals surface area contributed by atoms with Gasteiger partial charge in [-0.3, -0.25) is 4.79 Å². The number of carbonyl (C=O) groups excluding carboxylic acids is 1. The zero-order chi connectivity index (χ0) is 16.5. The molecule has 2 aliphatic rings. The second kappa shape index (κ2) is 6.64. The standard InChI is InChI=1S/C17H22N4O2S/c1-19-15-3-2-13(16(22)20-6-10-24-11-7-20)12-14(15)18-17(19)21-4-8-23-9-5-21/h2-3,12H,4-11H2,1H3. The molecule has 1 aromatic heterocycles. The summed E-state index contributed by atoms with van der Waals surface area (Å²) in [6.07, 6.45) is 0. The lowest BCUT2D eigenvalue weighted by molar-refractivity contribution is 0.0772. The van der Waals surface area contributed by atoms with Gasteiger partial charge in [0.1, 0.15) is 0 Å². The molecule has 6 nitrogen and oxygen atoms in total. The van der Waals surface area contributed by atoms with Crippen molar-refractivity contribution in [2.75, 3.05) is 55.8 Å². The van der Waals surface area contributed by atoms with Crippen molar-refractivity contribution in [3.05, 3.63) is 23.8 Å². The molecule has 7 heteroatoms. The molecule has 4 rings (SSSR count). The molecule has 2 aromatic rings. The molecular weight excluding hydrogens is 324 g/mol. The Bertz CT molecular complexity index is 748. The largest absolute Gasteiger partial charge is 0.378 e. The summed E-state index contributed by atoms with van der Waals surface area (Å²) in [7, 11) is 2.03. The van der Waals surface area contributed by atoms with E-state index in [4.69, 9.17) is 9.72 Å². The van der Waals surface area contributed by atoms with Crippen LogP contribution in [0.3, 0.4) is 0 Å². The van der Waals surface area contributed by atoms with E-state index >= 15 is 0 Å². The number of amides is 1. The predicted molar refractivity (Wildman–Crippen MR) is 97.0 cm³/mol. The number of aryl methyl sites for hydroxylation is 1. The van der Waals surface area contributed by atoms with Crippen LogP contribution in [0, 0.1) is 0 Å². The molecule has 0 N–H and O–H groups in total. The number of hydrogen-bond donors (Lipinski definition) is 0. The van der Waals surface area contributed by atoms with Crippen molar-refractivity contribution >= 4 is 34.7 Å². The first-order valence-electron chi connectivity index (χ1n) is 8.40. The van der Waals surface area contributed by atoms with E-state index in [1.807, 2.05) is 41.9 Å². The number of rotatable bonds is 2. The van der Waals surface area contributed by atoms with Crippen LogP contribution in [-0.4, -0.2) is 71.3 Å². The molecule has 1 amide bonds. The Hall–Kier alpha value is -1.73. The number of benzene rings is 1. The number of morpholine rings is 1. The number of anilines is 1. The van der Waals surface area contributed by atoms with Crippen LogP contribution in [-0.2, 0) is 11.8 Å². The van der Waals surface area contributed by atoms with Crippen LogP contribution in [0.1, 0.15) is 10.4 Å². The molecule has 0 atom stereocenters. The number of thioether (sulfide) groups is 1. The average Bonchev–Trinajstić information content (AvgIpc) is 2.99. The van der Waals surface area contributed by atoms with E-state index in [1.54, 1.807) is 0 Å². The van der Waals surface area contributed by atoms with Crippen LogP contribution < -0.4 is 4.90 Å². The molecule has 3 heterocycles. The van der Waals surface area contributed by atoms with Gasteiger partial charge in [-0.2, -0.15) is 11.8 Å². The van der Waals surface area contributed by atoms with Crippen LogP contribution in [0.4, 0.5) is 5.95 Å². The Balaban J connectivity index is 1.64. The number of imidazole rings is 1. The normalized spacial score (nSPS) is 19.0. The molecule has 0 unspecified atom stereocenters. The van der Waals surface area contributed by atoms with Gasteiger partial charge in [0.15, 0.2) is 0 Å². The maximum atomic E-state index is 12.7. The van der Waals surface area contributed by atoms with Crippen LogP contribution in [0.25, 0.3) is 11.0 Å². The third-order valence-corrected chi connectivity index (χ3v) is 5.64. The monoisotopic (exact) mass is 346 g/mol. The lowest BCUT2D eigenvalue weighted by Gasteiger charge is -2.27. The minimum Gasteiger partial charge on any atom is -0.378 e. The van der Waals surface area contributed by atoms with Gasteiger partial charge in [0.25, 0.3) is 5.91 Å². The molecule has 2 fully saturated rings. The van der Waals surface area contributed by atoms with E-state index in [1.165, 1.54) is 0 Å². The maximum absolute atomic E-state index is 12.7. The first kappa shape index (κ1) is 15.8. The van der Waals surface area contributed by atoms with Crippen molar-refractivity contribution in [1.29, 1.82) is 0 Å². The topological polar surface area (TPSA) is 50.6 Å². The molecule has 24 heavy (non-hydrogen) atoms. The summed E-state index contributed by atoms with van der Waals surface area (Å²) >= 11 is 1.91. The molecule has 2 aliphatic heterocycles. The van der Waals surface area contributed by atoms with Crippen LogP contribution >= 0.6 is 11.8 Å². The minimum atomic E-state index is 0.121. The van der Waals surface area contributed by atoms with Gasteiger partial charge in [-0.25, -0.2) is 4.98 Å². The lowest BCUT2D eigenvalue weighted by Crippen LogP contribution is -2.37. The fourth-order valence-corrected chi connectivity index (χ4v) is 4.22. The minimum absolute atomic E-state index is 0.121. The number of carbonyl (C=O) groups is 1. The molecule has 2 saturated heterocycles. The van der Waals surface area contributed by atoms with Crippen LogP contribution in [0.15, 0.2) is 18.2 Å². The molecule has 0 radical (unpaired) electrons. The second-order valence-electron chi connectivity index (χ2n) is 6.18. The van der Waals surface area contributed by atoms with Gasteiger partial charge in [-0.1, -0.05) is 0 Å². The third-order valence-electron chi connectivity index (χ3n) is 4.70. The fraction of sp³-hybridized carbons (Fsp3) is 0.529. The van der Waals surface area contributed by atoms with E-state index in [0.29, 0.717) is 0 Å². The summed E-state index contributed by atoms with van der Waals surface area (Å²) < 4.78 is 7.53. The third kappa shape index (κ3) is 2.86. The number of aromatic nitrogens is 2. The molecule has 0 aliphatic carbocycles. The molecule has 0 spiro atoms. The Kier molecular flexibility index (Phi) is 4.37. The number of fused-ring (bicyclic) bond motifs is 1. The Morgan fingerprint density at radius 3 is 2.67 bits per heavy atom. The first-order valence-corrected chi connectivity index (χ1v) is 9.56. The predicted octanol–water partition coefficient (Wildman–Crippen LogP) is 1.60. The van der Waals surface area contributed by atoms with Gasteiger partial charge < -0.3 is 19.1 Å². The van der Waals surface area contributed by atoms with Crippen LogP contribution in [0.5, 0.6) is 0 Å². The van der Waals surface area contributed by atoms with Crippen molar-refractivity contribution in [2.45, 2.75) is 0 Å².